The van der Waals surface area contributed by atoms with Crippen molar-refractivity contribution < 1.29 is 4.42 Å². The molecule has 1 aromatic heterocycles. The Morgan fingerprint density at radius 1 is 1.20 bits per heavy atom. The second kappa shape index (κ2) is 3.39. The fourth-order valence-electron chi connectivity index (χ4n) is 1.28. The molecule has 0 aliphatic rings. The molecule has 0 amide bonds. The minimum absolute atomic E-state index is 0.130. The van der Waals surface area contributed by atoms with Crippen molar-refractivity contribution in [2.24, 2.45) is 0 Å². The highest BCUT2D eigenvalue weighted by atomic mass is 35.5. The Morgan fingerprint density at radius 2 is 1.87 bits per heavy atom. The molecule has 0 radical (unpaired) electrons. The summed E-state index contributed by atoms with van der Waals surface area (Å²) >= 11 is 11.9. The Morgan fingerprint density at radius 3 is 2.47 bits per heavy atom. The molecule has 1 aromatic carbocycles. The number of nitrogens with zero attached hydrogens (tertiary/aromatic N) is 1. The third-order valence-corrected chi connectivity index (χ3v) is 2.56. The summed E-state index contributed by atoms with van der Waals surface area (Å²) in [5.41, 5.74) is 1.18. The minimum Gasteiger partial charge on any atom is -0.440 e. The Hall–Kier alpha value is -0.730. The van der Waals surface area contributed by atoms with Crippen LogP contribution in [0, 0.1) is 0 Å². The number of aromatic nitrogens is 1. The minimum atomic E-state index is -0.130. The van der Waals surface area contributed by atoms with E-state index in [1.807, 2.05) is 20.8 Å². The summed E-state index contributed by atoms with van der Waals surface area (Å²) in [6.07, 6.45) is 0. The van der Waals surface area contributed by atoms with E-state index in [1.54, 1.807) is 12.1 Å². The lowest BCUT2D eigenvalue weighted by atomic mass is 9.97. The first-order valence-electron chi connectivity index (χ1n) is 4.64. The van der Waals surface area contributed by atoms with Crippen LogP contribution < -0.4 is 0 Å². The summed E-state index contributed by atoms with van der Waals surface area (Å²) in [6, 6.07) is 3.39. The van der Waals surface area contributed by atoms with Crippen molar-refractivity contribution in [2.45, 2.75) is 26.2 Å². The second-order valence-corrected chi connectivity index (χ2v) is 5.35. The Labute approximate surface area is 98.2 Å². The maximum Gasteiger partial charge on any atom is 0.200 e. The van der Waals surface area contributed by atoms with Crippen LogP contribution >= 0.6 is 23.2 Å². The summed E-state index contributed by atoms with van der Waals surface area (Å²) in [6.45, 7) is 6.10. The van der Waals surface area contributed by atoms with Gasteiger partial charge in [0.2, 0.25) is 5.89 Å². The molecule has 0 aliphatic heterocycles. The molecule has 0 N–H and O–H groups in total. The molecule has 0 saturated carbocycles. The van der Waals surface area contributed by atoms with Gasteiger partial charge in [-0.25, -0.2) is 4.98 Å². The molecule has 0 bridgehead atoms. The first-order valence-corrected chi connectivity index (χ1v) is 5.39. The van der Waals surface area contributed by atoms with E-state index in [0.29, 0.717) is 27.0 Å². The lowest BCUT2D eigenvalue weighted by Gasteiger charge is -2.11. The van der Waals surface area contributed by atoms with Gasteiger partial charge in [0, 0.05) is 16.5 Å². The molecule has 1 heterocycles. The molecule has 0 atom stereocenters. The molecule has 80 valence electrons. The number of fused-ring (bicyclic) bond motifs is 1. The third kappa shape index (κ3) is 1.97. The van der Waals surface area contributed by atoms with Gasteiger partial charge in [-0.2, -0.15) is 0 Å². The topological polar surface area (TPSA) is 26.0 Å². The molecule has 0 spiro atoms. The number of benzene rings is 1. The average Bonchev–Trinajstić information content (AvgIpc) is 2.46. The van der Waals surface area contributed by atoms with Crippen LogP contribution in [0.15, 0.2) is 16.5 Å². The third-order valence-electron chi connectivity index (χ3n) is 2.05. The maximum atomic E-state index is 6.02. The molecule has 0 fully saturated rings. The van der Waals surface area contributed by atoms with Crippen LogP contribution in [0.25, 0.3) is 11.1 Å². The zero-order chi connectivity index (χ0) is 11.2. The predicted molar refractivity (Wildman–Crippen MR) is 62.7 cm³/mol. The van der Waals surface area contributed by atoms with Gasteiger partial charge in [0.05, 0.1) is 5.02 Å². The smallest absolute Gasteiger partial charge is 0.200 e. The first-order chi connectivity index (χ1) is 6.88. The molecule has 15 heavy (non-hydrogen) atoms. The first kappa shape index (κ1) is 10.8. The van der Waals surface area contributed by atoms with Gasteiger partial charge < -0.3 is 4.42 Å². The van der Waals surface area contributed by atoms with Crippen LogP contribution in [0.2, 0.25) is 10.0 Å². The van der Waals surface area contributed by atoms with Crippen LogP contribution in [-0.2, 0) is 5.41 Å². The van der Waals surface area contributed by atoms with Gasteiger partial charge in [-0.1, -0.05) is 44.0 Å². The lowest BCUT2D eigenvalue weighted by Crippen LogP contribution is -2.10. The highest BCUT2D eigenvalue weighted by Gasteiger charge is 2.21. The summed E-state index contributed by atoms with van der Waals surface area (Å²) in [7, 11) is 0. The average molecular weight is 244 g/mol. The highest BCUT2D eigenvalue weighted by molar-refractivity contribution is 6.38. The van der Waals surface area contributed by atoms with E-state index in [0.717, 1.165) is 0 Å². The number of hydrogen-bond acceptors (Lipinski definition) is 2. The normalized spacial score (nSPS) is 12.3. The summed E-state index contributed by atoms with van der Waals surface area (Å²) in [5.74, 6) is 0.668. The van der Waals surface area contributed by atoms with Gasteiger partial charge in [-0.3, -0.25) is 0 Å². The number of oxazole rings is 1. The highest BCUT2D eigenvalue weighted by Crippen LogP contribution is 2.31. The van der Waals surface area contributed by atoms with Crippen LogP contribution in [0.4, 0.5) is 0 Å². The van der Waals surface area contributed by atoms with E-state index in [9.17, 15) is 0 Å². The zero-order valence-corrected chi connectivity index (χ0v) is 10.3. The monoisotopic (exact) mass is 243 g/mol. The van der Waals surface area contributed by atoms with Crippen molar-refractivity contribution in [3.63, 3.8) is 0 Å². The SMILES string of the molecule is CC(C)(C)c1nc2c(Cl)cc(Cl)cc2o1. The number of halogens is 2. The predicted octanol–water partition coefficient (Wildman–Crippen LogP) is 4.43. The quantitative estimate of drug-likeness (QED) is 0.685. The van der Waals surface area contributed by atoms with E-state index < -0.39 is 0 Å². The van der Waals surface area contributed by atoms with Gasteiger partial charge in [-0.15, -0.1) is 0 Å². The van der Waals surface area contributed by atoms with E-state index >= 15 is 0 Å². The number of hydrogen-bond donors (Lipinski definition) is 0. The summed E-state index contributed by atoms with van der Waals surface area (Å²) in [5, 5.41) is 1.08. The molecule has 2 rings (SSSR count). The Balaban J connectivity index is 2.71. The van der Waals surface area contributed by atoms with E-state index in [1.165, 1.54) is 0 Å². The zero-order valence-electron chi connectivity index (χ0n) is 8.77. The Bertz CT molecular complexity index is 511. The number of rotatable bonds is 0. The largest absolute Gasteiger partial charge is 0.440 e. The van der Waals surface area contributed by atoms with Crippen molar-refractivity contribution in [3.05, 3.63) is 28.1 Å². The van der Waals surface area contributed by atoms with Crippen LogP contribution in [-0.4, -0.2) is 4.98 Å². The van der Waals surface area contributed by atoms with E-state index in [-0.39, 0.29) is 5.41 Å². The van der Waals surface area contributed by atoms with Crippen molar-refractivity contribution in [2.75, 3.05) is 0 Å². The molecule has 4 heteroatoms. The molecule has 2 aromatic rings. The van der Waals surface area contributed by atoms with Gasteiger partial charge in [0.15, 0.2) is 5.58 Å². The van der Waals surface area contributed by atoms with Crippen LogP contribution in [0.5, 0.6) is 0 Å². The van der Waals surface area contributed by atoms with Gasteiger partial charge in [0.25, 0.3) is 0 Å². The van der Waals surface area contributed by atoms with E-state index in [2.05, 4.69) is 4.98 Å². The van der Waals surface area contributed by atoms with Crippen molar-refractivity contribution >= 4 is 34.3 Å². The molecular formula is C11H11Cl2NO. The fourth-order valence-corrected chi connectivity index (χ4v) is 1.79. The van der Waals surface area contributed by atoms with E-state index in [4.69, 9.17) is 27.6 Å². The molecule has 2 nitrogen and oxygen atoms in total. The standard InChI is InChI=1S/C11H11Cl2NO/c1-11(2,3)10-14-9-7(13)4-6(12)5-8(9)15-10/h4-5H,1-3H3. The molecular weight excluding hydrogens is 233 g/mol. The van der Waals surface area contributed by atoms with Gasteiger partial charge in [-0.05, 0) is 6.07 Å². The van der Waals surface area contributed by atoms with Crippen molar-refractivity contribution in [1.82, 2.24) is 4.98 Å². The fraction of sp³-hybridized carbons (Fsp3) is 0.364. The molecule has 0 unspecified atom stereocenters. The van der Waals surface area contributed by atoms with Gasteiger partial charge in [0.1, 0.15) is 5.52 Å². The van der Waals surface area contributed by atoms with Crippen molar-refractivity contribution in [3.8, 4) is 0 Å². The van der Waals surface area contributed by atoms with Crippen LogP contribution in [0.1, 0.15) is 26.7 Å². The summed E-state index contributed by atoms with van der Waals surface area (Å²) in [4.78, 5) is 4.37. The molecule has 0 aliphatic carbocycles. The molecule has 0 saturated heterocycles. The Kier molecular flexibility index (Phi) is 2.44. The lowest BCUT2D eigenvalue weighted by molar-refractivity contribution is 0.411. The van der Waals surface area contributed by atoms with Crippen molar-refractivity contribution in [1.29, 1.82) is 0 Å². The maximum absolute atomic E-state index is 6.02. The second-order valence-electron chi connectivity index (χ2n) is 4.50. The summed E-state index contributed by atoms with van der Waals surface area (Å²) < 4.78 is 5.61. The van der Waals surface area contributed by atoms with Crippen LogP contribution in [0.3, 0.4) is 0 Å². The van der Waals surface area contributed by atoms with Gasteiger partial charge >= 0.3 is 0 Å².